The molecule has 0 aromatic heterocycles. The Morgan fingerprint density at radius 1 is 0.566 bits per heavy atom. The maximum Gasteiger partial charge on any atom is 0.333 e. The third-order valence-electron chi connectivity index (χ3n) is 7.61. The SMILES string of the molecule is C=C(C)C(=O)OCC(O)CO[C@@H]1[C@@H](O)[C@H](O)O[C@H](CO)[C@H]1O[C@H]1O[C@H](CO)[C@@H](O)[C@H](OCC(O)COC(=O)C(=C)C)[C@H]1OCC(O)COC(=O)C(=C)C. The second kappa shape index (κ2) is 22.4. The first kappa shape index (κ1) is 46.2. The van der Waals surface area contributed by atoms with Gasteiger partial charge in [0.25, 0.3) is 0 Å². The zero-order valence-electron chi connectivity index (χ0n) is 29.8. The first-order chi connectivity index (χ1) is 24.9. The molecule has 13 atom stereocenters. The summed E-state index contributed by atoms with van der Waals surface area (Å²) in [4.78, 5) is 35.3. The van der Waals surface area contributed by atoms with Crippen LogP contribution in [0, 0.1) is 0 Å². The molecule has 0 saturated carbocycles. The van der Waals surface area contributed by atoms with Gasteiger partial charge in [0.15, 0.2) is 12.6 Å². The number of hydrogen-bond donors (Lipinski definition) is 8. The van der Waals surface area contributed by atoms with E-state index in [1.54, 1.807) is 0 Å². The van der Waals surface area contributed by atoms with Crippen molar-refractivity contribution in [3.8, 4) is 0 Å². The molecule has 20 heteroatoms. The number of aliphatic hydroxyl groups excluding tert-OH is 8. The van der Waals surface area contributed by atoms with Crippen molar-refractivity contribution in [3.05, 3.63) is 36.5 Å². The molecule has 2 heterocycles. The van der Waals surface area contributed by atoms with Crippen LogP contribution in [-0.2, 0) is 57.0 Å². The minimum absolute atomic E-state index is 0.0593. The maximum atomic E-state index is 11.8. The lowest BCUT2D eigenvalue weighted by atomic mass is 9.96. The molecule has 2 rings (SSSR count). The van der Waals surface area contributed by atoms with Crippen LogP contribution in [0.15, 0.2) is 36.5 Å². The minimum atomic E-state index is -1.92. The second-order valence-corrected chi connectivity index (χ2v) is 12.5. The predicted molar refractivity (Wildman–Crippen MR) is 175 cm³/mol. The Morgan fingerprint density at radius 3 is 1.32 bits per heavy atom. The average Bonchev–Trinajstić information content (AvgIpc) is 3.11. The molecule has 53 heavy (non-hydrogen) atoms. The molecular formula is C33H52O20. The number of carbonyl (C=O) groups is 3. The van der Waals surface area contributed by atoms with Gasteiger partial charge in [-0.1, -0.05) is 19.7 Å². The summed E-state index contributed by atoms with van der Waals surface area (Å²) in [5, 5.41) is 83.9. The summed E-state index contributed by atoms with van der Waals surface area (Å²) in [6, 6.07) is 0. The molecule has 8 N–H and O–H groups in total. The fourth-order valence-corrected chi connectivity index (χ4v) is 4.78. The van der Waals surface area contributed by atoms with E-state index < -0.39 is 150 Å². The number of aliphatic hydroxyl groups is 8. The first-order valence-electron chi connectivity index (χ1n) is 16.5. The van der Waals surface area contributed by atoms with Gasteiger partial charge in [0.1, 0.15) is 87.0 Å². The summed E-state index contributed by atoms with van der Waals surface area (Å²) in [6.45, 7) is 9.39. The summed E-state index contributed by atoms with van der Waals surface area (Å²) >= 11 is 0. The Balaban J connectivity index is 2.38. The molecule has 3 unspecified atom stereocenters. The van der Waals surface area contributed by atoms with Crippen LogP contribution in [0.25, 0.3) is 0 Å². The smallest absolute Gasteiger partial charge is 0.333 e. The van der Waals surface area contributed by atoms with Gasteiger partial charge < -0.3 is 83.5 Å². The zero-order chi connectivity index (χ0) is 40.0. The van der Waals surface area contributed by atoms with E-state index in [1.165, 1.54) is 20.8 Å². The molecule has 2 fully saturated rings. The van der Waals surface area contributed by atoms with Crippen molar-refractivity contribution >= 4 is 17.9 Å². The molecule has 20 nitrogen and oxygen atoms in total. The molecule has 0 aromatic rings. The highest BCUT2D eigenvalue weighted by Crippen LogP contribution is 2.32. The number of carbonyl (C=O) groups excluding carboxylic acids is 3. The number of hydrogen-bond acceptors (Lipinski definition) is 20. The highest BCUT2D eigenvalue weighted by atomic mass is 16.7. The van der Waals surface area contributed by atoms with E-state index in [4.69, 9.17) is 42.6 Å². The summed E-state index contributed by atoms with van der Waals surface area (Å²) in [5.41, 5.74) is 0.196. The number of esters is 3. The lowest BCUT2D eigenvalue weighted by molar-refractivity contribution is -0.367. The van der Waals surface area contributed by atoms with Gasteiger partial charge in [0.05, 0.1) is 33.0 Å². The van der Waals surface area contributed by atoms with E-state index in [0.29, 0.717) is 0 Å². The largest absolute Gasteiger partial charge is 0.460 e. The molecule has 0 aromatic carbocycles. The number of rotatable bonds is 22. The second-order valence-electron chi connectivity index (χ2n) is 12.5. The zero-order valence-corrected chi connectivity index (χ0v) is 29.8. The fraction of sp³-hybridized carbons (Fsp3) is 0.727. The van der Waals surface area contributed by atoms with Crippen molar-refractivity contribution in [2.24, 2.45) is 0 Å². The van der Waals surface area contributed by atoms with Gasteiger partial charge in [-0.15, -0.1) is 0 Å². The van der Waals surface area contributed by atoms with Crippen molar-refractivity contribution in [1.29, 1.82) is 0 Å². The van der Waals surface area contributed by atoms with E-state index in [1.807, 2.05) is 0 Å². The van der Waals surface area contributed by atoms with E-state index in [2.05, 4.69) is 19.7 Å². The highest BCUT2D eigenvalue weighted by molar-refractivity contribution is 5.87. The molecular weight excluding hydrogens is 716 g/mol. The van der Waals surface area contributed by atoms with Gasteiger partial charge in [-0.2, -0.15) is 0 Å². The Hall–Kier alpha value is -2.93. The van der Waals surface area contributed by atoms with E-state index in [0.717, 1.165) is 0 Å². The molecule has 0 radical (unpaired) electrons. The van der Waals surface area contributed by atoms with Crippen LogP contribution in [0.4, 0.5) is 0 Å². The van der Waals surface area contributed by atoms with E-state index in [9.17, 15) is 55.2 Å². The van der Waals surface area contributed by atoms with Crippen LogP contribution >= 0.6 is 0 Å². The summed E-state index contributed by atoms with van der Waals surface area (Å²) in [6.07, 6.45) is -20.8. The molecule has 304 valence electrons. The molecule has 2 aliphatic heterocycles. The summed E-state index contributed by atoms with van der Waals surface area (Å²) in [5.74, 6) is -2.37. The van der Waals surface area contributed by atoms with Gasteiger partial charge in [-0.05, 0) is 20.8 Å². The van der Waals surface area contributed by atoms with Crippen LogP contribution in [0.5, 0.6) is 0 Å². The van der Waals surface area contributed by atoms with Gasteiger partial charge in [-0.25, -0.2) is 14.4 Å². The first-order valence-corrected chi connectivity index (χ1v) is 16.5. The van der Waals surface area contributed by atoms with E-state index in [-0.39, 0.29) is 16.7 Å². The van der Waals surface area contributed by atoms with E-state index >= 15 is 0 Å². The molecule has 0 spiro atoms. The van der Waals surface area contributed by atoms with Gasteiger partial charge in [0.2, 0.25) is 0 Å². The van der Waals surface area contributed by atoms with Gasteiger partial charge in [-0.3, -0.25) is 0 Å². The Bertz CT molecular complexity index is 1230. The molecule has 0 bridgehead atoms. The van der Waals surface area contributed by atoms with Crippen molar-refractivity contribution in [2.75, 3.05) is 52.9 Å². The van der Waals surface area contributed by atoms with Crippen molar-refractivity contribution < 1.29 is 97.9 Å². The highest BCUT2D eigenvalue weighted by Gasteiger charge is 2.53. The Kier molecular flexibility index (Phi) is 19.6. The third kappa shape index (κ3) is 14.3. The fourth-order valence-electron chi connectivity index (χ4n) is 4.78. The van der Waals surface area contributed by atoms with Crippen molar-refractivity contribution in [1.82, 2.24) is 0 Å². The monoisotopic (exact) mass is 768 g/mol. The van der Waals surface area contributed by atoms with Crippen LogP contribution in [0.3, 0.4) is 0 Å². The normalized spacial score (nSPS) is 30.4. The van der Waals surface area contributed by atoms with Crippen molar-refractivity contribution in [2.45, 2.75) is 100 Å². The van der Waals surface area contributed by atoms with Crippen LogP contribution in [0.2, 0.25) is 0 Å². The van der Waals surface area contributed by atoms with Crippen LogP contribution < -0.4 is 0 Å². The van der Waals surface area contributed by atoms with Crippen LogP contribution in [-0.4, -0.2) is 191 Å². The quantitative estimate of drug-likeness (QED) is 0.0297. The molecule has 0 amide bonds. The molecule has 0 aliphatic carbocycles. The standard InChI is InChI=1S/C33H52O20/c1-15(2)29(41)48-12-18(36)9-45-26-23(39)21(7-34)52-33(28(26)47-11-20(38)14-50-31(43)17(5)6)53-25-22(8-35)51-32(44)24(40)27(25)46-10-19(37)13-49-30(42)16(3)4/h18-28,32-40,44H,1,3,5,7-14H2,2,4,6H3/t18?,19?,20?,21-,22-,23-,24-,25-,26+,27-,28-,32-,33-/m1/s1. The lowest BCUT2D eigenvalue weighted by Crippen LogP contribution is -2.66. The predicted octanol–water partition coefficient (Wildman–Crippen LogP) is -3.88. The van der Waals surface area contributed by atoms with Gasteiger partial charge >= 0.3 is 17.9 Å². The molecule has 2 aliphatic rings. The van der Waals surface area contributed by atoms with Gasteiger partial charge in [0, 0.05) is 16.7 Å². The topological polar surface area (TPSA) is 296 Å². The average molecular weight is 769 g/mol. The Morgan fingerprint density at radius 2 is 0.943 bits per heavy atom. The third-order valence-corrected chi connectivity index (χ3v) is 7.61. The minimum Gasteiger partial charge on any atom is -0.460 e. The van der Waals surface area contributed by atoms with Crippen LogP contribution in [0.1, 0.15) is 20.8 Å². The van der Waals surface area contributed by atoms with Crippen molar-refractivity contribution in [3.63, 3.8) is 0 Å². The maximum absolute atomic E-state index is 11.8. The Labute approximate surface area is 305 Å². The lowest BCUT2D eigenvalue weighted by Gasteiger charge is -2.48. The summed E-state index contributed by atoms with van der Waals surface area (Å²) < 4.78 is 49.2. The molecule has 2 saturated heterocycles. The number of ether oxygens (including phenoxy) is 9. The summed E-state index contributed by atoms with van der Waals surface area (Å²) in [7, 11) is 0.